The number of amides is 2. The van der Waals surface area contributed by atoms with Gasteiger partial charge in [-0.1, -0.05) is 25.5 Å². The van der Waals surface area contributed by atoms with Gasteiger partial charge in [0.25, 0.3) is 0 Å². The molecule has 1 atom stereocenters. The lowest BCUT2D eigenvalue weighted by Gasteiger charge is -2.16. The summed E-state index contributed by atoms with van der Waals surface area (Å²) in [4.78, 5) is 25.9. The number of para-hydroxylation sites is 1. The Labute approximate surface area is 127 Å². The molecule has 1 heterocycles. The third-order valence-corrected chi connectivity index (χ3v) is 4.19. The Hall–Kier alpha value is -1.36. The maximum absolute atomic E-state index is 12.2. The summed E-state index contributed by atoms with van der Waals surface area (Å²) in [6, 6.07) is 7.48. The van der Waals surface area contributed by atoms with Gasteiger partial charge in [0.15, 0.2) is 0 Å². The molecule has 1 fully saturated rings. The second-order valence-electron chi connectivity index (χ2n) is 5.06. The molecule has 20 heavy (non-hydrogen) atoms. The SMILES string of the molecule is CCCCN1CC(C(=O)Nc2ccccc2Br)CC1=O. The van der Waals surface area contributed by atoms with Gasteiger partial charge >= 0.3 is 0 Å². The molecule has 1 N–H and O–H groups in total. The maximum Gasteiger partial charge on any atom is 0.229 e. The fourth-order valence-electron chi connectivity index (χ4n) is 2.31. The van der Waals surface area contributed by atoms with Gasteiger partial charge in [0.2, 0.25) is 11.8 Å². The number of hydrogen-bond donors (Lipinski definition) is 1. The summed E-state index contributed by atoms with van der Waals surface area (Å²) in [6.45, 7) is 3.39. The smallest absolute Gasteiger partial charge is 0.229 e. The van der Waals surface area contributed by atoms with Crippen LogP contribution in [0.1, 0.15) is 26.2 Å². The van der Waals surface area contributed by atoms with Crippen LogP contribution in [-0.2, 0) is 9.59 Å². The van der Waals surface area contributed by atoms with E-state index in [1.807, 2.05) is 24.3 Å². The topological polar surface area (TPSA) is 49.4 Å². The summed E-state index contributed by atoms with van der Waals surface area (Å²) in [5.41, 5.74) is 0.747. The monoisotopic (exact) mass is 338 g/mol. The van der Waals surface area contributed by atoms with Gasteiger partial charge < -0.3 is 10.2 Å². The number of unbranched alkanes of at least 4 members (excludes halogenated alkanes) is 1. The molecule has 0 spiro atoms. The lowest BCUT2D eigenvalue weighted by molar-refractivity contribution is -0.128. The summed E-state index contributed by atoms with van der Waals surface area (Å²) in [5.74, 6) is -0.235. The van der Waals surface area contributed by atoms with Crippen LogP contribution in [0.2, 0.25) is 0 Å². The third-order valence-electron chi connectivity index (χ3n) is 3.50. The largest absolute Gasteiger partial charge is 0.342 e. The minimum Gasteiger partial charge on any atom is -0.342 e. The van der Waals surface area contributed by atoms with E-state index in [-0.39, 0.29) is 17.7 Å². The van der Waals surface area contributed by atoms with Crippen molar-refractivity contribution in [1.82, 2.24) is 4.90 Å². The van der Waals surface area contributed by atoms with Crippen LogP contribution in [0.5, 0.6) is 0 Å². The molecule has 1 aliphatic rings. The highest BCUT2D eigenvalue weighted by Gasteiger charge is 2.33. The number of anilines is 1. The summed E-state index contributed by atoms with van der Waals surface area (Å²) < 4.78 is 0.848. The zero-order valence-electron chi connectivity index (χ0n) is 11.6. The highest BCUT2D eigenvalue weighted by Crippen LogP contribution is 2.24. The van der Waals surface area contributed by atoms with Crippen LogP contribution >= 0.6 is 15.9 Å². The van der Waals surface area contributed by atoms with Crippen molar-refractivity contribution in [2.45, 2.75) is 26.2 Å². The molecule has 0 radical (unpaired) electrons. The number of carbonyl (C=O) groups is 2. The number of rotatable bonds is 5. The number of benzene rings is 1. The van der Waals surface area contributed by atoms with Crippen LogP contribution in [0.25, 0.3) is 0 Å². The second-order valence-corrected chi connectivity index (χ2v) is 5.92. The van der Waals surface area contributed by atoms with Gasteiger partial charge in [0, 0.05) is 24.0 Å². The molecule has 108 valence electrons. The predicted molar refractivity (Wildman–Crippen MR) is 82.4 cm³/mol. The van der Waals surface area contributed by atoms with Crippen LogP contribution in [0, 0.1) is 5.92 Å². The fraction of sp³-hybridized carbons (Fsp3) is 0.467. The van der Waals surface area contributed by atoms with Crippen LogP contribution < -0.4 is 5.32 Å². The van der Waals surface area contributed by atoms with E-state index in [9.17, 15) is 9.59 Å². The van der Waals surface area contributed by atoms with Gasteiger partial charge in [-0.15, -0.1) is 0 Å². The van der Waals surface area contributed by atoms with E-state index in [1.165, 1.54) is 0 Å². The number of carbonyl (C=O) groups excluding carboxylic acids is 2. The highest BCUT2D eigenvalue weighted by molar-refractivity contribution is 9.10. The van der Waals surface area contributed by atoms with E-state index in [4.69, 9.17) is 0 Å². The van der Waals surface area contributed by atoms with Crippen LogP contribution in [-0.4, -0.2) is 29.8 Å². The Balaban J connectivity index is 1.94. The molecule has 2 amide bonds. The van der Waals surface area contributed by atoms with Crippen molar-refractivity contribution in [1.29, 1.82) is 0 Å². The van der Waals surface area contributed by atoms with Gasteiger partial charge in [-0.3, -0.25) is 9.59 Å². The van der Waals surface area contributed by atoms with E-state index in [0.717, 1.165) is 29.5 Å². The van der Waals surface area contributed by atoms with Crippen molar-refractivity contribution in [3.63, 3.8) is 0 Å². The molecular formula is C15H19BrN2O2. The predicted octanol–water partition coefficient (Wildman–Crippen LogP) is 3.04. The summed E-state index contributed by atoms with van der Waals surface area (Å²) in [5, 5.41) is 2.88. The zero-order valence-corrected chi connectivity index (χ0v) is 13.1. The Morgan fingerprint density at radius 1 is 1.45 bits per heavy atom. The first kappa shape index (κ1) is 15.0. The van der Waals surface area contributed by atoms with Gasteiger partial charge in [-0.2, -0.15) is 0 Å². The minimum atomic E-state index is -0.244. The molecule has 1 unspecified atom stereocenters. The lowest BCUT2D eigenvalue weighted by Crippen LogP contribution is -2.29. The van der Waals surface area contributed by atoms with Gasteiger partial charge in [0.05, 0.1) is 11.6 Å². The number of hydrogen-bond acceptors (Lipinski definition) is 2. The van der Waals surface area contributed by atoms with Crippen molar-refractivity contribution >= 4 is 33.4 Å². The van der Waals surface area contributed by atoms with Gasteiger partial charge in [-0.05, 0) is 34.5 Å². The first-order valence-corrected chi connectivity index (χ1v) is 7.74. The molecular weight excluding hydrogens is 320 g/mol. The van der Waals surface area contributed by atoms with Crippen LogP contribution in [0.15, 0.2) is 28.7 Å². The number of halogens is 1. The molecule has 1 aromatic carbocycles. The fourth-order valence-corrected chi connectivity index (χ4v) is 2.69. The lowest BCUT2D eigenvalue weighted by atomic mass is 10.1. The van der Waals surface area contributed by atoms with E-state index < -0.39 is 0 Å². The van der Waals surface area contributed by atoms with Crippen molar-refractivity contribution in [3.8, 4) is 0 Å². The van der Waals surface area contributed by atoms with E-state index in [1.54, 1.807) is 4.90 Å². The normalized spacial score (nSPS) is 18.4. The molecule has 0 saturated carbocycles. The summed E-state index contributed by atoms with van der Waals surface area (Å²) in [6.07, 6.45) is 2.36. The molecule has 0 aliphatic carbocycles. The van der Waals surface area contributed by atoms with Crippen molar-refractivity contribution < 1.29 is 9.59 Å². The first-order chi connectivity index (χ1) is 9.61. The molecule has 1 aliphatic heterocycles. The molecule has 4 nitrogen and oxygen atoms in total. The summed E-state index contributed by atoms with van der Waals surface area (Å²) in [7, 11) is 0. The van der Waals surface area contributed by atoms with Gasteiger partial charge in [-0.25, -0.2) is 0 Å². The highest BCUT2D eigenvalue weighted by atomic mass is 79.9. The number of likely N-dealkylation sites (tertiary alicyclic amines) is 1. The third kappa shape index (κ3) is 3.60. The average Bonchev–Trinajstić information content (AvgIpc) is 2.80. The zero-order chi connectivity index (χ0) is 14.5. The maximum atomic E-state index is 12.2. The van der Waals surface area contributed by atoms with E-state index in [2.05, 4.69) is 28.2 Å². The number of nitrogens with one attached hydrogen (secondary N) is 1. The number of nitrogens with zero attached hydrogens (tertiary/aromatic N) is 1. The molecule has 0 aromatic heterocycles. The van der Waals surface area contributed by atoms with E-state index in [0.29, 0.717) is 13.0 Å². The van der Waals surface area contributed by atoms with Crippen molar-refractivity contribution in [2.24, 2.45) is 5.92 Å². The van der Waals surface area contributed by atoms with Crippen LogP contribution in [0.4, 0.5) is 5.69 Å². The Morgan fingerprint density at radius 3 is 2.90 bits per heavy atom. The Bertz CT molecular complexity index is 504. The molecule has 0 bridgehead atoms. The van der Waals surface area contributed by atoms with Crippen molar-refractivity contribution in [3.05, 3.63) is 28.7 Å². The van der Waals surface area contributed by atoms with Crippen LogP contribution in [0.3, 0.4) is 0 Å². The quantitative estimate of drug-likeness (QED) is 0.896. The Morgan fingerprint density at radius 2 is 2.20 bits per heavy atom. The second kappa shape index (κ2) is 6.88. The van der Waals surface area contributed by atoms with Crippen molar-refractivity contribution in [2.75, 3.05) is 18.4 Å². The molecule has 1 aromatic rings. The minimum absolute atomic E-state index is 0.0794. The molecule has 5 heteroatoms. The average molecular weight is 339 g/mol. The molecule has 2 rings (SSSR count). The summed E-state index contributed by atoms with van der Waals surface area (Å²) >= 11 is 3.40. The molecule has 1 saturated heterocycles. The standard InChI is InChI=1S/C15H19BrN2O2/c1-2-3-8-18-10-11(9-14(18)19)15(20)17-13-7-5-4-6-12(13)16/h4-7,11H,2-3,8-10H2,1H3,(H,17,20). The van der Waals surface area contributed by atoms with E-state index >= 15 is 0 Å². The van der Waals surface area contributed by atoms with Gasteiger partial charge in [0.1, 0.15) is 0 Å². The first-order valence-electron chi connectivity index (χ1n) is 6.95. The Kier molecular flexibility index (Phi) is 5.17.